The van der Waals surface area contributed by atoms with Gasteiger partial charge in [0.05, 0.1) is 11.6 Å². The Balaban J connectivity index is 1.91. The Morgan fingerprint density at radius 2 is 1.31 bits per heavy atom. The molecule has 5 rings (SSSR count). The third-order valence-corrected chi connectivity index (χ3v) is 5.51. The van der Waals surface area contributed by atoms with Gasteiger partial charge in [0.1, 0.15) is 0 Å². The van der Waals surface area contributed by atoms with Crippen molar-refractivity contribution in [2.45, 2.75) is 5.88 Å². The number of halogens is 1. The zero-order chi connectivity index (χ0) is 17.7. The molecule has 0 aliphatic rings. The summed E-state index contributed by atoms with van der Waals surface area (Å²) in [6.45, 7) is 0. The molecule has 0 unspecified atom stereocenters. The standard InChI is InChI=1S/C24H14ClN/c25-13-19-8-7-17-5-6-18-9-10-20(16-3-1-15(14-26)2-4-16)22-12-11-21(19)23(17)24(18)22/h1-12H,13H2. The van der Waals surface area contributed by atoms with Crippen LogP contribution in [0.25, 0.3) is 43.4 Å². The molecule has 2 heteroatoms. The molecule has 26 heavy (non-hydrogen) atoms. The van der Waals surface area contributed by atoms with Crippen LogP contribution in [0.1, 0.15) is 11.1 Å². The van der Waals surface area contributed by atoms with Crippen LogP contribution in [0.2, 0.25) is 0 Å². The predicted molar refractivity (Wildman–Crippen MR) is 110 cm³/mol. The molecular formula is C24H14ClN. The fourth-order valence-electron chi connectivity index (χ4n) is 3.95. The molecule has 0 heterocycles. The molecule has 0 fully saturated rings. The Hall–Kier alpha value is -3.08. The van der Waals surface area contributed by atoms with Crippen LogP contribution in [-0.4, -0.2) is 0 Å². The first kappa shape index (κ1) is 15.2. The molecule has 1 nitrogen and oxygen atoms in total. The second kappa shape index (κ2) is 5.73. The van der Waals surface area contributed by atoms with Crippen LogP contribution in [-0.2, 0) is 5.88 Å². The van der Waals surface area contributed by atoms with Crippen LogP contribution in [0.15, 0.2) is 72.8 Å². The molecule has 0 bridgehead atoms. The van der Waals surface area contributed by atoms with E-state index in [1.54, 1.807) is 0 Å². The second-order valence-corrected chi connectivity index (χ2v) is 6.85. The third kappa shape index (κ3) is 2.10. The number of alkyl halides is 1. The highest BCUT2D eigenvalue weighted by atomic mass is 35.5. The lowest BCUT2D eigenvalue weighted by Crippen LogP contribution is -1.90. The maximum Gasteiger partial charge on any atom is 0.0991 e. The monoisotopic (exact) mass is 351 g/mol. The van der Waals surface area contributed by atoms with E-state index in [9.17, 15) is 0 Å². The first-order chi connectivity index (χ1) is 12.8. The summed E-state index contributed by atoms with van der Waals surface area (Å²) in [6, 6.07) is 27.4. The average Bonchev–Trinajstić information content (AvgIpc) is 2.71. The maximum absolute atomic E-state index is 9.04. The highest BCUT2D eigenvalue weighted by molar-refractivity contribution is 6.27. The fourth-order valence-corrected chi connectivity index (χ4v) is 4.19. The topological polar surface area (TPSA) is 23.8 Å². The Morgan fingerprint density at radius 1 is 0.692 bits per heavy atom. The summed E-state index contributed by atoms with van der Waals surface area (Å²) in [6.07, 6.45) is 0. The number of nitriles is 1. The van der Waals surface area contributed by atoms with Crippen molar-refractivity contribution in [2.75, 3.05) is 0 Å². The molecular weight excluding hydrogens is 338 g/mol. The van der Waals surface area contributed by atoms with Gasteiger partial charge in [0.15, 0.2) is 0 Å². The van der Waals surface area contributed by atoms with E-state index in [2.05, 4.69) is 54.6 Å². The van der Waals surface area contributed by atoms with Crippen LogP contribution in [0.5, 0.6) is 0 Å². The van der Waals surface area contributed by atoms with Gasteiger partial charge in [0.25, 0.3) is 0 Å². The van der Waals surface area contributed by atoms with E-state index in [4.69, 9.17) is 16.9 Å². The quantitative estimate of drug-likeness (QED) is 0.251. The van der Waals surface area contributed by atoms with E-state index in [0.717, 1.165) is 11.1 Å². The Kier molecular flexibility index (Phi) is 3.35. The summed E-state index contributed by atoms with van der Waals surface area (Å²) < 4.78 is 0. The molecule has 0 spiro atoms. The van der Waals surface area contributed by atoms with Crippen LogP contribution in [0.4, 0.5) is 0 Å². The lowest BCUT2D eigenvalue weighted by Gasteiger charge is -2.15. The number of nitrogens with zero attached hydrogens (tertiary/aromatic N) is 1. The van der Waals surface area contributed by atoms with Gasteiger partial charge in [-0.1, -0.05) is 60.7 Å². The van der Waals surface area contributed by atoms with Crippen LogP contribution < -0.4 is 0 Å². The smallest absolute Gasteiger partial charge is 0.0991 e. The molecule has 0 radical (unpaired) electrons. The maximum atomic E-state index is 9.04. The Morgan fingerprint density at radius 3 is 2.00 bits per heavy atom. The van der Waals surface area contributed by atoms with E-state index in [1.807, 2.05) is 24.3 Å². The zero-order valence-corrected chi connectivity index (χ0v) is 14.7. The number of benzene rings is 5. The highest BCUT2D eigenvalue weighted by Gasteiger charge is 2.13. The van der Waals surface area contributed by atoms with Crippen molar-refractivity contribution in [1.29, 1.82) is 5.26 Å². The van der Waals surface area contributed by atoms with E-state index in [1.165, 1.54) is 37.9 Å². The van der Waals surface area contributed by atoms with Gasteiger partial charge >= 0.3 is 0 Å². The van der Waals surface area contributed by atoms with Gasteiger partial charge in [-0.25, -0.2) is 0 Å². The summed E-state index contributed by atoms with van der Waals surface area (Å²) in [5, 5.41) is 16.6. The van der Waals surface area contributed by atoms with Crippen molar-refractivity contribution in [3.05, 3.63) is 83.9 Å². The van der Waals surface area contributed by atoms with E-state index >= 15 is 0 Å². The molecule has 0 saturated heterocycles. The van der Waals surface area contributed by atoms with E-state index in [-0.39, 0.29) is 0 Å². The molecule has 5 aromatic carbocycles. The molecule has 0 amide bonds. The average molecular weight is 352 g/mol. The van der Waals surface area contributed by atoms with Crippen LogP contribution >= 0.6 is 11.6 Å². The number of rotatable bonds is 2. The van der Waals surface area contributed by atoms with Gasteiger partial charge in [0, 0.05) is 5.88 Å². The second-order valence-electron chi connectivity index (χ2n) is 6.58. The third-order valence-electron chi connectivity index (χ3n) is 5.22. The number of hydrogen-bond acceptors (Lipinski definition) is 1. The minimum absolute atomic E-state index is 0.511. The molecule has 5 aromatic rings. The molecule has 0 aliphatic heterocycles. The molecule has 0 aliphatic carbocycles. The molecule has 122 valence electrons. The van der Waals surface area contributed by atoms with Crippen molar-refractivity contribution in [1.82, 2.24) is 0 Å². The normalized spacial score (nSPS) is 11.4. The lowest BCUT2D eigenvalue weighted by molar-refractivity contribution is 1.46. The van der Waals surface area contributed by atoms with Crippen molar-refractivity contribution >= 4 is 43.9 Å². The van der Waals surface area contributed by atoms with Crippen molar-refractivity contribution in [2.24, 2.45) is 0 Å². The molecule has 0 N–H and O–H groups in total. The predicted octanol–water partition coefficient (Wildman–Crippen LogP) is 6.86. The summed E-state index contributed by atoms with van der Waals surface area (Å²) >= 11 is 6.18. The van der Waals surface area contributed by atoms with Crippen molar-refractivity contribution < 1.29 is 0 Å². The number of hydrogen-bond donors (Lipinski definition) is 0. The van der Waals surface area contributed by atoms with E-state index in [0.29, 0.717) is 11.4 Å². The van der Waals surface area contributed by atoms with Crippen LogP contribution in [0.3, 0.4) is 0 Å². The first-order valence-corrected chi connectivity index (χ1v) is 9.09. The van der Waals surface area contributed by atoms with Crippen molar-refractivity contribution in [3.63, 3.8) is 0 Å². The Labute approximate surface area is 156 Å². The molecule has 0 saturated carbocycles. The van der Waals surface area contributed by atoms with Gasteiger partial charge in [0.2, 0.25) is 0 Å². The summed E-state index contributed by atoms with van der Waals surface area (Å²) in [5.41, 5.74) is 4.16. The minimum atomic E-state index is 0.511. The summed E-state index contributed by atoms with van der Waals surface area (Å²) in [5.74, 6) is 0.511. The van der Waals surface area contributed by atoms with Gasteiger partial charge in [-0.2, -0.15) is 5.26 Å². The minimum Gasteiger partial charge on any atom is -0.192 e. The van der Waals surface area contributed by atoms with Crippen molar-refractivity contribution in [3.8, 4) is 17.2 Å². The largest absolute Gasteiger partial charge is 0.192 e. The zero-order valence-electron chi connectivity index (χ0n) is 14.0. The Bertz CT molecular complexity index is 1310. The van der Waals surface area contributed by atoms with Gasteiger partial charge < -0.3 is 0 Å². The summed E-state index contributed by atoms with van der Waals surface area (Å²) in [7, 11) is 0. The lowest BCUT2D eigenvalue weighted by atomic mass is 9.88. The highest BCUT2D eigenvalue weighted by Crippen LogP contribution is 2.40. The van der Waals surface area contributed by atoms with Gasteiger partial charge in [-0.05, 0) is 61.1 Å². The van der Waals surface area contributed by atoms with Crippen LogP contribution in [0, 0.1) is 11.3 Å². The van der Waals surface area contributed by atoms with Gasteiger partial charge in [-0.15, -0.1) is 11.6 Å². The van der Waals surface area contributed by atoms with Gasteiger partial charge in [-0.3, -0.25) is 0 Å². The van der Waals surface area contributed by atoms with E-state index < -0.39 is 0 Å². The molecule has 0 aromatic heterocycles. The fraction of sp³-hybridized carbons (Fsp3) is 0.0417. The summed E-state index contributed by atoms with van der Waals surface area (Å²) in [4.78, 5) is 0. The molecule has 0 atom stereocenters. The SMILES string of the molecule is N#Cc1ccc(-c2ccc3ccc4ccc(CCl)c5ccc2c3c45)cc1. The first-order valence-electron chi connectivity index (χ1n) is 8.56.